The highest BCUT2D eigenvalue weighted by molar-refractivity contribution is 6.02. The summed E-state index contributed by atoms with van der Waals surface area (Å²) in [6.45, 7) is 4.47. The van der Waals surface area contributed by atoms with Crippen LogP contribution in [0, 0.1) is 0 Å². The molecule has 0 aliphatic carbocycles. The fourth-order valence-electron chi connectivity index (χ4n) is 2.99. The molecule has 1 atom stereocenters. The van der Waals surface area contributed by atoms with E-state index >= 15 is 0 Å². The van der Waals surface area contributed by atoms with Gasteiger partial charge in [0, 0.05) is 17.8 Å². The van der Waals surface area contributed by atoms with Crippen LogP contribution in [0.4, 0.5) is 5.69 Å². The van der Waals surface area contributed by atoms with Crippen molar-refractivity contribution < 1.29 is 4.79 Å². The van der Waals surface area contributed by atoms with Crippen LogP contribution in [0.2, 0.25) is 0 Å². The lowest BCUT2D eigenvalue weighted by Gasteiger charge is -2.32. The van der Waals surface area contributed by atoms with Crippen LogP contribution in [0.3, 0.4) is 0 Å². The van der Waals surface area contributed by atoms with E-state index in [9.17, 15) is 4.79 Å². The fraction of sp³-hybridized carbons (Fsp3) is 0.0870. The van der Waals surface area contributed by atoms with Gasteiger partial charge < -0.3 is 4.90 Å². The summed E-state index contributed by atoms with van der Waals surface area (Å²) in [6.07, 6.45) is 1.83. The molecule has 2 heteroatoms. The molecule has 0 saturated carbocycles. The number of carbonyl (C=O) groups excluding carboxylic acids is 1. The Labute approximate surface area is 149 Å². The van der Waals surface area contributed by atoms with Crippen molar-refractivity contribution in [1.82, 2.24) is 0 Å². The first-order valence-corrected chi connectivity index (χ1v) is 8.38. The molecule has 25 heavy (non-hydrogen) atoms. The molecule has 3 aromatic rings. The average molecular weight is 327 g/mol. The van der Waals surface area contributed by atoms with Gasteiger partial charge in [-0.1, -0.05) is 84.9 Å². The van der Waals surface area contributed by atoms with Crippen molar-refractivity contribution in [2.75, 3.05) is 11.4 Å². The molecule has 0 fully saturated rings. The SMILES string of the molecule is C=CCN(c1ccccc1)C(C(=O)c1ccccc1)c1ccccc1. The summed E-state index contributed by atoms with van der Waals surface area (Å²) < 4.78 is 0. The zero-order valence-corrected chi connectivity index (χ0v) is 14.1. The number of nitrogens with zero attached hydrogens (tertiary/aromatic N) is 1. The Hall–Kier alpha value is -3.13. The summed E-state index contributed by atoms with van der Waals surface area (Å²) >= 11 is 0. The van der Waals surface area contributed by atoms with Crippen molar-refractivity contribution in [1.29, 1.82) is 0 Å². The molecule has 0 aromatic heterocycles. The van der Waals surface area contributed by atoms with E-state index in [1.165, 1.54) is 0 Å². The fourth-order valence-corrected chi connectivity index (χ4v) is 2.99. The molecule has 0 N–H and O–H groups in total. The summed E-state index contributed by atoms with van der Waals surface area (Å²) in [5.41, 5.74) is 2.68. The predicted molar refractivity (Wildman–Crippen MR) is 104 cm³/mol. The Kier molecular flexibility index (Phi) is 5.43. The molecule has 124 valence electrons. The van der Waals surface area contributed by atoms with E-state index in [0.29, 0.717) is 12.1 Å². The molecule has 1 unspecified atom stereocenters. The lowest BCUT2D eigenvalue weighted by molar-refractivity contribution is 0.0958. The molecule has 0 radical (unpaired) electrons. The monoisotopic (exact) mass is 327 g/mol. The van der Waals surface area contributed by atoms with E-state index in [1.807, 2.05) is 97.1 Å². The number of ketones is 1. The van der Waals surface area contributed by atoms with Crippen LogP contribution in [0.5, 0.6) is 0 Å². The number of carbonyl (C=O) groups is 1. The van der Waals surface area contributed by atoms with Crippen molar-refractivity contribution >= 4 is 11.5 Å². The standard InChI is InChI=1S/C23H21NO/c1-2-18-24(21-16-10-5-11-17-21)22(19-12-6-3-7-13-19)23(25)20-14-8-4-9-15-20/h2-17,22H,1,18H2. The van der Waals surface area contributed by atoms with Gasteiger partial charge in [0.2, 0.25) is 0 Å². The Balaban J connectivity index is 2.09. The molecule has 0 heterocycles. The van der Waals surface area contributed by atoms with Crippen LogP contribution in [-0.4, -0.2) is 12.3 Å². The van der Waals surface area contributed by atoms with E-state index in [-0.39, 0.29) is 5.78 Å². The normalized spacial score (nSPS) is 11.5. The molecule has 0 amide bonds. The second-order valence-corrected chi connectivity index (χ2v) is 5.82. The van der Waals surface area contributed by atoms with E-state index in [0.717, 1.165) is 11.3 Å². The summed E-state index contributed by atoms with van der Waals surface area (Å²) in [7, 11) is 0. The van der Waals surface area contributed by atoms with Crippen molar-refractivity contribution in [3.8, 4) is 0 Å². The predicted octanol–water partition coefficient (Wildman–Crippen LogP) is 5.30. The third kappa shape index (κ3) is 3.86. The summed E-state index contributed by atoms with van der Waals surface area (Å²) in [5.74, 6) is 0.0810. The summed E-state index contributed by atoms with van der Waals surface area (Å²) in [4.78, 5) is 15.5. The highest BCUT2D eigenvalue weighted by Crippen LogP contribution is 2.30. The Bertz CT molecular complexity index is 812. The minimum atomic E-state index is -0.399. The number of Topliss-reactive ketones (excluding diaryl/α,β-unsaturated/α-hetero) is 1. The van der Waals surface area contributed by atoms with Crippen LogP contribution in [0.25, 0.3) is 0 Å². The van der Waals surface area contributed by atoms with E-state index in [4.69, 9.17) is 0 Å². The van der Waals surface area contributed by atoms with Gasteiger partial charge in [0.05, 0.1) is 0 Å². The number of hydrogen-bond acceptors (Lipinski definition) is 2. The van der Waals surface area contributed by atoms with Gasteiger partial charge in [-0.05, 0) is 17.7 Å². The lowest BCUT2D eigenvalue weighted by atomic mass is 9.95. The van der Waals surface area contributed by atoms with Crippen molar-refractivity contribution in [3.05, 3.63) is 115 Å². The summed E-state index contributed by atoms with van der Waals surface area (Å²) in [6, 6.07) is 29.0. The van der Waals surface area contributed by atoms with Gasteiger partial charge in [-0.2, -0.15) is 0 Å². The van der Waals surface area contributed by atoms with Crippen molar-refractivity contribution in [2.45, 2.75) is 6.04 Å². The Morgan fingerprint density at radius 2 is 1.36 bits per heavy atom. The smallest absolute Gasteiger partial charge is 0.189 e. The van der Waals surface area contributed by atoms with Crippen LogP contribution in [0.15, 0.2) is 104 Å². The zero-order valence-electron chi connectivity index (χ0n) is 14.1. The minimum Gasteiger partial charge on any atom is -0.353 e. The van der Waals surface area contributed by atoms with Crippen LogP contribution in [0.1, 0.15) is 22.0 Å². The van der Waals surface area contributed by atoms with Crippen molar-refractivity contribution in [2.24, 2.45) is 0 Å². The van der Waals surface area contributed by atoms with Crippen LogP contribution < -0.4 is 4.90 Å². The first-order valence-electron chi connectivity index (χ1n) is 8.38. The number of benzene rings is 3. The number of rotatable bonds is 7. The molecule has 3 aromatic carbocycles. The van der Waals surface area contributed by atoms with Gasteiger partial charge in [-0.3, -0.25) is 4.79 Å². The molecule has 0 spiro atoms. The maximum absolute atomic E-state index is 13.4. The molecule has 0 aliphatic rings. The second-order valence-electron chi connectivity index (χ2n) is 5.82. The number of anilines is 1. The van der Waals surface area contributed by atoms with E-state index in [2.05, 4.69) is 11.5 Å². The summed E-state index contributed by atoms with van der Waals surface area (Å²) in [5, 5.41) is 0. The van der Waals surface area contributed by atoms with Gasteiger partial charge in [-0.25, -0.2) is 0 Å². The van der Waals surface area contributed by atoms with Gasteiger partial charge in [0.25, 0.3) is 0 Å². The van der Waals surface area contributed by atoms with Crippen LogP contribution in [-0.2, 0) is 0 Å². The van der Waals surface area contributed by atoms with Gasteiger partial charge >= 0.3 is 0 Å². The molecule has 0 aliphatic heterocycles. The third-order valence-corrected chi connectivity index (χ3v) is 4.15. The largest absolute Gasteiger partial charge is 0.353 e. The maximum atomic E-state index is 13.4. The molecule has 2 nitrogen and oxygen atoms in total. The van der Waals surface area contributed by atoms with E-state index < -0.39 is 6.04 Å². The lowest BCUT2D eigenvalue weighted by Crippen LogP contribution is -2.34. The molecule has 0 saturated heterocycles. The molecule has 0 bridgehead atoms. The number of hydrogen-bond donors (Lipinski definition) is 0. The third-order valence-electron chi connectivity index (χ3n) is 4.15. The minimum absolute atomic E-state index is 0.0810. The van der Waals surface area contributed by atoms with E-state index in [1.54, 1.807) is 0 Å². The van der Waals surface area contributed by atoms with Gasteiger partial charge in [0.15, 0.2) is 5.78 Å². The molecular weight excluding hydrogens is 306 g/mol. The van der Waals surface area contributed by atoms with Crippen molar-refractivity contribution in [3.63, 3.8) is 0 Å². The quantitative estimate of drug-likeness (QED) is 0.433. The topological polar surface area (TPSA) is 20.3 Å². The highest BCUT2D eigenvalue weighted by Gasteiger charge is 2.28. The number of para-hydroxylation sites is 1. The maximum Gasteiger partial charge on any atom is 0.189 e. The Morgan fingerprint density at radius 3 is 1.92 bits per heavy atom. The van der Waals surface area contributed by atoms with Gasteiger partial charge in [-0.15, -0.1) is 6.58 Å². The molecule has 3 rings (SSSR count). The first kappa shape index (κ1) is 16.7. The highest BCUT2D eigenvalue weighted by atomic mass is 16.1. The van der Waals surface area contributed by atoms with Crippen LogP contribution >= 0.6 is 0 Å². The molecular formula is C23H21NO. The second kappa shape index (κ2) is 8.11. The zero-order chi connectivity index (χ0) is 17.5. The Morgan fingerprint density at radius 1 is 0.840 bits per heavy atom. The van der Waals surface area contributed by atoms with Gasteiger partial charge in [0.1, 0.15) is 6.04 Å². The first-order chi connectivity index (χ1) is 12.3. The average Bonchev–Trinajstić information content (AvgIpc) is 2.69.